The first kappa shape index (κ1) is 15.9. The number of ether oxygens (including phenoxy) is 1. The van der Waals surface area contributed by atoms with Crippen molar-refractivity contribution in [2.45, 2.75) is 18.9 Å². The number of carbonyl (C=O) groups is 1. The van der Waals surface area contributed by atoms with Gasteiger partial charge < -0.3 is 15.4 Å². The van der Waals surface area contributed by atoms with E-state index in [4.69, 9.17) is 10.5 Å². The van der Waals surface area contributed by atoms with Crippen LogP contribution in [0.5, 0.6) is 0 Å². The minimum Gasteiger partial charge on any atom is -0.459 e. The number of hydrogen-bond acceptors (Lipinski definition) is 5. The molecule has 2 N–H and O–H groups in total. The fourth-order valence-electron chi connectivity index (χ4n) is 2.93. The molecule has 2 aromatic carbocycles. The maximum absolute atomic E-state index is 12.1. The molecule has 1 aliphatic heterocycles. The van der Waals surface area contributed by atoms with E-state index in [1.807, 2.05) is 24.3 Å². The molecular weight excluding hydrogens is 302 g/mol. The van der Waals surface area contributed by atoms with Crippen molar-refractivity contribution in [1.82, 2.24) is 0 Å². The van der Waals surface area contributed by atoms with Crippen LogP contribution in [0.15, 0.2) is 48.5 Å². The van der Waals surface area contributed by atoms with Gasteiger partial charge in [0.2, 0.25) is 0 Å². The molecule has 5 nitrogen and oxygen atoms in total. The lowest BCUT2D eigenvalue weighted by molar-refractivity contribution is 0.0245. The average Bonchev–Trinajstić information content (AvgIpc) is 2.63. The minimum absolute atomic E-state index is 0.0896. The highest BCUT2D eigenvalue weighted by Crippen LogP contribution is 2.26. The molecule has 0 saturated carbocycles. The molecule has 5 heteroatoms. The number of nitrogen functional groups attached to an aromatic ring is 1. The van der Waals surface area contributed by atoms with Crippen molar-refractivity contribution in [1.29, 1.82) is 5.26 Å². The van der Waals surface area contributed by atoms with Crippen molar-refractivity contribution >= 4 is 17.3 Å². The topological polar surface area (TPSA) is 79.3 Å². The van der Waals surface area contributed by atoms with Gasteiger partial charge in [-0.05, 0) is 30.3 Å². The van der Waals surface area contributed by atoms with Gasteiger partial charge in [0.25, 0.3) is 0 Å². The second-order valence-corrected chi connectivity index (χ2v) is 5.85. The van der Waals surface area contributed by atoms with Crippen molar-refractivity contribution < 1.29 is 9.53 Å². The fraction of sp³-hybridized carbons (Fsp3) is 0.263. The number of rotatable bonds is 3. The molecule has 1 aliphatic rings. The lowest BCUT2D eigenvalue weighted by Gasteiger charge is -2.33. The van der Waals surface area contributed by atoms with Crippen LogP contribution in [0.25, 0.3) is 0 Å². The predicted octanol–water partition coefficient (Wildman–Crippen LogP) is 2.97. The quantitative estimate of drug-likeness (QED) is 0.694. The largest absolute Gasteiger partial charge is 0.459 e. The normalized spacial score (nSPS) is 14.9. The van der Waals surface area contributed by atoms with Crippen LogP contribution < -0.4 is 10.6 Å². The molecule has 0 spiro atoms. The van der Waals surface area contributed by atoms with E-state index >= 15 is 0 Å². The molecule has 0 unspecified atom stereocenters. The molecule has 0 aliphatic carbocycles. The van der Waals surface area contributed by atoms with Crippen LogP contribution in [-0.2, 0) is 4.74 Å². The summed E-state index contributed by atoms with van der Waals surface area (Å²) in [6, 6.07) is 16.6. The molecule has 0 atom stereocenters. The van der Waals surface area contributed by atoms with E-state index in [0.717, 1.165) is 31.6 Å². The second-order valence-electron chi connectivity index (χ2n) is 5.85. The number of carbonyl (C=O) groups excluding carboxylic acids is 1. The summed E-state index contributed by atoms with van der Waals surface area (Å²) in [5.41, 5.74) is 8.36. The standard InChI is InChI=1S/C19H19N3O2/c20-13-15-12-16(21)6-7-18(15)22-10-8-17(9-11-22)24-19(23)14-4-2-1-3-5-14/h1-7,12,17H,8-11,21H2. The van der Waals surface area contributed by atoms with Crippen LogP contribution >= 0.6 is 0 Å². The maximum Gasteiger partial charge on any atom is 0.338 e. The Bertz CT molecular complexity index is 760. The molecule has 0 amide bonds. The van der Waals surface area contributed by atoms with Crippen LogP contribution in [0.1, 0.15) is 28.8 Å². The van der Waals surface area contributed by atoms with E-state index in [0.29, 0.717) is 16.8 Å². The molecule has 0 bridgehead atoms. The zero-order valence-corrected chi connectivity index (χ0v) is 13.3. The highest BCUT2D eigenvalue weighted by atomic mass is 16.5. The van der Waals surface area contributed by atoms with Crippen LogP contribution in [0.4, 0.5) is 11.4 Å². The van der Waals surface area contributed by atoms with Crippen LogP contribution in [0, 0.1) is 11.3 Å². The maximum atomic E-state index is 12.1. The highest BCUT2D eigenvalue weighted by molar-refractivity contribution is 5.89. The number of benzene rings is 2. The number of hydrogen-bond donors (Lipinski definition) is 1. The van der Waals surface area contributed by atoms with E-state index in [-0.39, 0.29) is 12.1 Å². The summed E-state index contributed by atoms with van der Waals surface area (Å²) >= 11 is 0. The molecule has 24 heavy (non-hydrogen) atoms. The molecular formula is C19H19N3O2. The third-order valence-electron chi connectivity index (χ3n) is 4.21. The number of anilines is 2. The van der Waals surface area contributed by atoms with Gasteiger partial charge in [-0.1, -0.05) is 18.2 Å². The Hall–Kier alpha value is -3.00. The van der Waals surface area contributed by atoms with Crippen molar-refractivity contribution in [2.24, 2.45) is 0 Å². The Morgan fingerprint density at radius 2 is 1.88 bits per heavy atom. The molecule has 122 valence electrons. The van der Waals surface area contributed by atoms with Gasteiger partial charge in [-0.25, -0.2) is 4.79 Å². The van der Waals surface area contributed by atoms with E-state index < -0.39 is 0 Å². The molecule has 2 aromatic rings. The molecule has 0 radical (unpaired) electrons. The van der Waals surface area contributed by atoms with E-state index in [1.54, 1.807) is 24.3 Å². The smallest absolute Gasteiger partial charge is 0.338 e. The van der Waals surface area contributed by atoms with Crippen molar-refractivity contribution in [2.75, 3.05) is 23.7 Å². The Morgan fingerprint density at radius 3 is 2.54 bits per heavy atom. The molecule has 3 rings (SSSR count). The van der Waals surface area contributed by atoms with Crippen LogP contribution in [-0.4, -0.2) is 25.2 Å². The van der Waals surface area contributed by atoms with Crippen molar-refractivity contribution in [3.63, 3.8) is 0 Å². The first-order valence-electron chi connectivity index (χ1n) is 7.98. The average molecular weight is 321 g/mol. The summed E-state index contributed by atoms with van der Waals surface area (Å²) < 4.78 is 5.59. The number of esters is 1. The highest BCUT2D eigenvalue weighted by Gasteiger charge is 2.24. The Kier molecular flexibility index (Phi) is 4.66. The van der Waals surface area contributed by atoms with Gasteiger partial charge in [0, 0.05) is 31.6 Å². The van der Waals surface area contributed by atoms with Gasteiger partial charge in [-0.3, -0.25) is 0 Å². The minimum atomic E-state index is -0.278. The fourth-order valence-corrected chi connectivity index (χ4v) is 2.93. The number of nitrogens with two attached hydrogens (primary N) is 1. The van der Waals surface area contributed by atoms with Crippen molar-refractivity contribution in [3.05, 3.63) is 59.7 Å². The van der Waals surface area contributed by atoms with Crippen LogP contribution in [0.3, 0.4) is 0 Å². The summed E-state index contributed by atoms with van der Waals surface area (Å²) in [5, 5.41) is 9.27. The summed E-state index contributed by atoms with van der Waals surface area (Å²) in [4.78, 5) is 14.3. The van der Waals surface area contributed by atoms with Gasteiger partial charge in [0.05, 0.1) is 16.8 Å². The third kappa shape index (κ3) is 3.49. The SMILES string of the molecule is N#Cc1cc(N)ccc1N1CCC(OC(=O)c2ccccc2)CC1. The van der Waals surface area contributed by atoms with Crippen molar-refractivity contribution in [3.8, 4) is 6.07 Å². The third-order valence-corrected chi connectivity index (χ3v) is 4.21. The van der Waals surface area contributed by atoms with Gasteiger partial charge >= 0.3 is 5.97 Å². The molecule has 1 fully saturated rings. The van der Waals surface area contributed by atoms with E-state index in [1.165, 1.54) is 0 Å². The summed E-state index contributed by atoms with van der Waals surface area (Å²) in [5.74, 6) is -0.278. The Balaban J connectivity index is 1.60. The summed E-state index contributed by atoms with van der Waals surface area (Å²) in [6.45, 7) is 1.48. The lowest BCUT2D eigenvalue weighted by Crippen LogP contribution is -2.38. The zero-order chi connectivity index (χ0) is 16.9. The molecule has 1 saturated heterocycles. The second kappa shape index (κ2) is 7.05. The number of nitrogens with zero attached hydrogens (tertiary/aromatic N) is 2. The van der Waals surface area contributed by atoms with Gasteiger partial charge in [-0.15, -0.1) is 0 Å². The van der Waals surface area contributed by atoms with E-state index in [2.05, 4.69) is 11.0 Å². The summed E-state index contributed by atoms with van der Waals surface area (Å²) in [6.07, 6.45) is 1.40. The first-order valence-corrected chi connectivity index (χ1v) is 7.98. The number of nitriles is 1. The molecule has 0 aromatic heterocycles. The van der Waals surface area contributed by atoms with Gasteiger partial charge in [-0.2, -0.15) is 5.26 Å². The zero-order valence-electron chi connectivity index (χ0n) is 13.3. The first-order chi connectivity index (χ1) is 11.7. The van der Waals surface area contributed by atoms with Gasteiger partial charge in [0.1, 0.15) is 12.2 Å². The monoisotopic (exact) mass is 321 g/mol. The Morgan fingerprint density at radius 1 is 1.17 bits per heavy atom. The summed E-state index contributed by atoms with van der Waals surface area (Å²) in [7, 11) is 0. The van der Waals surface area contributed by atoms with Crippen LogP contribution in [0.2, 0.25) is 0 Å². The molecule has 1 heterocycles. The predicted molar refractivity (Wildman–Crippen MR) is 92.7 cm³/mol. The number of piperidine rings is 1. The van der Waals surface area contributed by atoms with Gasteiger partial charge in [0.15, 0.2) is 0 Å². The van der Waals surface area contributed by atoms with E-state index in [9.17, 15) is 10.1 Å². The lowest BCUT2D eigenvalue weighted by atomic mass is 10.0. The Labute approximate surface area is 141 Å².